The van der Waals surface area contributed by atoms with Gasteiger partial charge in [-0.05, 0) is 105 Å². The van der Waals surface area contributed by atoms with Gasteiger partial charge in [0.25, 0.3) is 0 Å². The van der Waals surface area contributed by atoms with Gasteiger partial charge in [-0.1, -0.05) is 26.5 Å². The molecule has 53 heavy (non-hydrogen) atoms. The first kappa shape index (κ1) is 38.9. The minimum absolute atomic E-state index is 0.0221. The number of ether oxygens (including phenoxy) is 1. The number of H-pyrrole nitrogens is 2. The summed E-state index contributed by atoms with van der Waals surface area (Å²) < 4.78 is 5.57. The van der Waals surface area contributed by atoms with Gasteiger partial charge in [-0.25, -0.2) is 4.98 Å². The number of aromatic amines is 2. The standard InChI is InChI=1S/C41H53N5O6S/c1-8-25-22(5)31-18-34-26(9-2)21(4)30(44-34)17-32-23(6)27(37(46-32)24(7)29-15-20(3)28(43-29)16-33(25)45-31)11-12-36(48)42-13-10-14-53-41-40(51)39(50)38(49)35(19-47)52-41/h9,15-18,23,27,35,38-41,43-44,47,49-51H,2,8,10-14,19H2,1,3-7H3,(H,42,48)/t23-,27-,35+,38+,39-,40+,41-/m0/s1. The minimum Gasteiger partial charge on any atom is -0.394 e. The fourth-order valence-electron chi connectivity index (χ4n) is 7.75. The fourth-order valence-corrected chi connectivity index (χ4v) is 8.88. The topological polar surface area (TPSA) is 177 Å². The maximum absolute atomic E-state index is 13.1. The van der Waals surface area contributed by atoms with Gasteiger partial charge in [-0.2, -0.15) is 0 Å². The molecule has 3 aliphatic rings. The lowest BCUT2D eigenvalue weighted by atomic mass is 9.86. The Labute approximate surface area is 315 Å². The first-order valence-corrected chi connectivity index (χ1v) is 19.6. The number of aromatic nitrogens is 4. The zero-order valence-electron chi connectivity index (χ0n) is 31.5. The Hall–Kier alpha value is -3.78. The number of nitrogens with one attached hydrogen (secondary N) is 3. The van der Waals surface area contributed by atoms with E-state index < -0.39 is 36.5 Å². The summed E-state index contributed by atoms with van der Waals surface area (Å²) in [6.45, 7) is 16.9. The van der Waals surface area contributed by atoms with Crippen LogP contribution < -0.4 is 5.32 Å². The first-order chi connectivity index (χ1) is 25.4. The molecule has 7 N–H and O–H groups in total. The van der Waals surface area contributed by atoms with Gasteiger partial charge in [-0.15, -0.1) is 11.8 Å². The van der Waals surface area contributed by atoms with E-state index in [0.29, 0.717) is 31.6 Å². The highest BCUT2D eigenvalue weighted by Crippen LogP contribution is 2.42. The second-order valence-electron chi connectivity index (χ2n) is 14.5. The van der Waals surface area contributed by atoms with Crippen molar-refractivity contribution in [3.05, 3.63) is 75.9 Å². The second kappa shape index (κ2) is 16.3. The van der Waals surface area contributed by atoms with Gasteiger partial charge in [0.05, 0.1) is 18.0 Å². The van der Waals surface area contributed by atoms with Gasteiger partial charge in [0, 0.05) is 63.8 Å². The second-order valence-corrected chi connectivity index (χ2v) is 15.7. The van der Waals surface area contributed by atoms with Crippen LogP contribution in [0.3, 0.4) is 0 Å². The van der Waals surface area contributed by atoms with Gasteiger partial charge in [-0.3, -0.25) is 9.78 Å². The van der Waals surface area contributed by atoms with Gasteiger partial charge in [0.15, 0.2) is 0 Å². The van der Waals surface area contributed by atoms with Gasteiger partial charge in [0.1, 0.15) is 29.9 Å². The Morgan fingerprint density at radius 2 is 1.68 bits per heavy atom. The van der Waals surface area contributed by atoms with Crippen molar-refractivity contribution in [3.8, 4) is 0 Å². The van der Waals surface area contributed by atoms with Gasteiger partial charge >= 0.3 is 0 Å². The quantitative estimate of drug-likeness (QED) is 0.117. The number of rotatable bonds is 11. The minimum atomic E-state index is -1.40. The fraction of sp³-hybridized carbons (Fsp3) is 0.488. The summed E-state index contributed by atoms with van der Waals surface area (Å²) in [5.74, 6) is 0.587. The summed E-state index contributed by atoms with van der Waals surface area (Å²) >= 11 is 1.28. The summed E-state index contributed by atoms with van der Waals surface area (Å²) in [5, 5.41) is 42.8. The van der Waals surface area contributed by atoms with E-state index in [4.69, 9.17) is 14.7 Å². The summed E-state index contributed by atoms with van der Waals surface area (Å²) in [6.07, 6.45) is -0.648. The summed E-state index contributed by atoms with van der Waals surface area (Å²) in [4.78, 5) is 30.8. The van der Waals surface area contributed by atoms with Crippen LogP contribution in [0.5, 0.6) is 0 Å². The molecule has 0 aromatic carbocycles. The predicted octanol–water partition coefficient (Wildman–Crippen LogP) is 5.93. The highest BCUT2D eigenvalue weighted by molar-refractivity contribution is 7.99. The molecule has 8 bridgehead atoms. The van der Waals surface area contributed by atoms with Crippen molar-refractivity contribution in [2.24, 2.45) is 0 Å². The van der Waals surface area contributed by atoms with Crippen molar-refractivity contribution < 1.29 is 30.0 Å². The number of aryl methyl sites for hydroxylation is 3. The van der Waals surface area contributed by atoms with Crippen molar-refractivity contribution in [2.75, 3.05) is 18.9 Å². The summed E-state index contributed by atoms with van der Waals surface area (Å²) in [7, 11) is 0. The van der Waals surface area contributed by atoms with Crippen molar-refractivity contribution in [1.29, 1.82) is 0 Å². The van der Waals surface area contributed by atoms with E-state index in [1.807, 2.05) is 6.08 Å². The number of nitrogens with zero attached hydrogens (tertiary/aromatic N) is 2. The zero-order valence-corrected chi connectivity index (χ0v) is 32.3. The van der Waals surface area contributed by atoms with E-state index in [9.17, 15) is 25.2 Å². The van der Waals surface area contributed by atoms with E-state index >= 15 is 0 Å². The maximum atomic E-state index is 13.1. The third kappa shape index (κ3) is 7.76. The molecule has 0 spiro atoms. The van der Waals surface area contributed by atoms with Crippen LogP contribution >= 0.6 is 11.8 Å². The predicted molar refractivity (Wildman–Crippen MR) is 212 cm³/mol. The summed E-state index contributed by atoms with van der Waals surface area (Å²) in [6, 6.07) is 8.59. The van der Waals surface area contributed by atoms with Crippen LogP contribution in [-0.4, -0.2) is 95.0 Å². The van der Waals surface area contributed by atoms with Gasteiger partial charge in [0.2, 0.25) is 5.91 Å². The Morgan fingerprint density at radius 1 is 0.962 bits per heavy atom. The molecule has 6 heterocycles. The van der Waals surface area contributed by atoms with Crippen LogP contribution in [0, 0.1) is 20.8 Å². The SMILES string of the molecule is C=Cc1c(C)c2cc3nc(c(C)c4cc(C)c(cc5nc(cc1[nH]2)C(C)=C5CC)[nH]4)[C@@H](CCC(=O)NCCCS[C@@H]1O[C@H](CO)[C@@H](O)[C@H](O)[C@H]1O)[C@@H]3C. The van der Waals surface area contributed by atoms with Crippen LogP contribution in [-0.2, 0) is 9.53 Å². The molecule has 1 fully saturated rings. The van der Waals surface area contributed by atoms with Gasteiger partial charge < -0.3 is 40.4 Å². The Bertz CT molecular complexity index is 2070. The lowest BCUT2D eigenvalue weighted by Gasteiger charge is -2.39. The van der Waals surface area contributed by atoms with Crippen LogP contribution in [0.25, 0.3) is 39.3 Å². The molecule has 3 aliphatic heterocycles. The molecule has 0 aliphatic carbocycles. The van der Waals surface area contributed by atoms with Crippen molar-refractivity contribution in [1.82, 2.24) is 25.3 Å². The molecule has 0 unspecified atom stereocenters. The van der Waals surface area contributed by atoms with E-state index in [-0.39, 0.29) is 17.7 Å². The van der Waals surface area contributed by atoms with E-state index in [2.05, 4.69) is 87.7 Å². The smallest absolute Gasteiger partial charge is 0.220 e. The third-order valence-electron chi connectivity index (χ3n) is 11.1. The number of fused-ring (bicyclic) bond motifs is 8. The molecular formula is C41H53N5O6S. The number of carbonyl (C=O) groups is 1. The molecule has 0 saturated carbocycles. The number of aliphatic hydroxyl groups is 4. The van der Waals surface area contributed by atoms with Crippen LogP contribution in [0.2, 0.25) is 0 Å². The van der Waals surface area contributed by atoms with Crippen molar-refractivity contribution >= 4 is 57.0 Å². The molecule has 1 saturated heterocycles. The number of amides is 1. The maximum Gasteiger partial charge on any atom is 0.220 e. The van der Waals surface area contributed by atoms with E-state index in [1.54, 1.807) is 0 Å². The number of carbonyl (C=O) groups excluding carboxylic acids is 1. The molecule has 3 aromatic rings. The lowest BCUT2D eigenvalue weighted by Crippen LogP contribution is -2.57. The van der Waals surface area contributed by atoms with Crippen molar-refractivity contribution in [3.63, 3.8) is 0 Å². The van der Waals surface area contributed by atoms with Crippen LogP contribution in [0.4, 0.5) is 0 Å². The highest BCUT2D eigenvalue weighted by Gasteiger charge is 2.43. The largest absolute Gasteiger partial charge is 0.394 e. The normalized spacial score (nSPS) is 24.5. The Kier molecular flexibility index (Phi) is 12.0. The number of hydrogen-bond acceptors (Lipinski definition) is 9. The summed E-state index contributed by atoms with van der Waals surface area (Å²) in [5.41, 5.74) is 13.7. The molecule has 3 aromatic heterocycles. The lowest BCUT2D eigenvalue weighted by molar-refractivity contribution is -0.205. The molecule has 1 amide bonds. The molecular weight excluding hydrogens is 691 g/mol. The molecule has 6 rings (SSSR count). The van der Waals surface area contributed by atoms with Crippen LogP contribution in [0.1, 0.15) is 103 Å². The Balaban J connectivity index is 1.25. The van der Waals surface area contributed by atoms with E-state index in [0.717, 1.165) is 73.5 Å². The van der Waals surface area contributed by atoms with Crippen LogP contribution in [0.15, 0.2) is 30.8 Å². The average Bonchev–Trinajstić information content (AvgIpc) is 3.84. The number of aliphatic hydroxyl groups excluding tert-OH is 4. The number of thioether (sulfide) groups is 1. The first-order valence-electron chi connectivity index (χ1n) is 18.6. The van der Waals surface area contributed by atoms with E-state index in [1.165, 1.54) is 22.9 Å². The van der Waals surface area contributed by atoms with Crippen molar-refractivity contribution in [2.45, 2.75) is 109 Å². The monoisotopic (exact) mass is 743 g/mol. The molecule has 284 valence electrons. The average molecular weight is 744 g/mol. The number of hydrogen-bond donors (Lipinski definition) is 7. The third-order valence-corrected chi connectivity index (χ3v) is 12.4. The number of allylic oxidation sites excluding steroid dienone is 2. The highest BCUT2D eigenvalue weighted by atomic mass is 32.2. The Morgan fingerprint density at radius 3 is 2.40 bits per heavy atom. The molecule has 12 heteroatoms. The zero-order chi connectivity index (χ0) is 38.1. The molecule has 7 atom stereocenters. The molecule has 11 nitrogen and oxygen atoms in total. The molecule has 0 radical (unpaired) electrons.